The monoisotopic (exact) mass is 271 g/mol. The lowest BCUT2D eigenvalue weighted by atomic mass is 9.88. The molecule has 20 heavy (non-hydrogen) atoms. The Morgan fingerprint density at radius 2 is 2.10 bits per heavy atom. The molecular formula is C15H17N3O2. The van der Waals surface area contributed by atoms with Crippen LogP contribution in [0.3, 0.4) is 0 Å². The molecule has 2 aromatic rings. The topological polar surface area (TPSA) is 68.0 Å². The second kappa shape index (κ2) is 5.86. The number of nitrogens with zero attached hydrogens (tertiary/aromatic N) is 2. The molecule has 104 valence electrons. The van der Waals surface area contributed by atoms with Crippen LogP contribution in [0.4, 0.5) is 5.69 Å². The second-order valence-electron chi connectivity index (χ2n) is 5.15. The van der Waals surface area contributed by atoms with Crippen LogP contribution in [0.5, 0.6) is 0 Å². The minimum atomic E-state index is 0.118. The zero-order valence-corrected chi connectivity index (χ0v) is 11.2. The van der Waals surface area contributed by atoms with Crippen molar-refractivity contribution in [3.8, 4) is 11.5 Å². The second-order valence-corrected chi connectivity index (χ2v) is 5.15. The van der Waals surface area contributed by atoms with E-state index < -0.39 is 0 Å². The Labute approximate surface area is 117 Å². The number of carbonyl (C=O) groups is 1. The van der Waals surface area contributed by atoms with Gasteiger partial charge in [0.2, 0.25) is 18.2 Å². The van der Waals surface area contributed by atoms with Crippen molar-refractivity contribution in [1.29, 1.82) is 0 Å². The molecule has 1 heterocycles. The fraction of sp³-hybridized carbons (Fsp3) is 0.400. The van der Waals surface area contributed by atoms with Gasteiger partial charge < -0.3 is 9.73 Å². The fourth-order valence-corrected chi connectivity index (χ4v) is 2.64. The number of carbonyl (C=O) groups excluding carboxylic acids is 1. The number of hydrogen-bond acceptors (Lipinski definition) is 4. The first-order chi connectivity index (χ1) is 9.83. The maximum atomic E-state index is 12.2. The van der Waals surface area contributed by atoms with Crippen molar-refractivity contribution < 1.29 is 9.21 Å². The van der Waals surface area contributed by atoms with Gasteiger partial charge in [-0.2, -0.15) is 0 Å². The predicted molar refractivity (Wildman–Crippen MR) is 74.9 cm³/mol. The Morgan fingerprint density at radius 1 is 1.25 bits per heavy atom. The molecule has 5 heteroatoms. The lowest BCUT2D eigenvalue weighted by Gasteiger charge is -2.20. The Kier molecular flexibility index (Phi) is 3.76. The van der Waals surface area contributed by atoms with E-state index in [0.29, 0.717) is 5.89 Å². The van der Waals surface area contributed by atoms with E-state index in [-0.39, 0.29) is 11.8 Å². The summed E-state index contributed by atoms with van der Waals surface area (Å²) < 4.78 is 5.16. The summed E-state index contributed by atoms with van der Waals surface area (Å²) >= 11 is 0. The van der Waals surface area contributed by atoms with E-state index in [2.05, 4.69) is 15.5 Å². The molecule has 0 unspecified atom stereocenters. The normalized spacial score (nSPS) is 16.0. The largest absolute Gasteiger partial charge is 0.423 e. The van der Waals surface area contributed by atoms with Crippen LogP contribution in [0.2, 0.25) is 0 Å². The smallest absolute Gasteiger partial charge is 0.247 e. The fourth-order valence-electron chi connectivity index (χ4n) is 2.64. The lowest BCUT2D eigenvalue weighted by Crippen LogP contribution is -2.24. The van der Waals surface area contributed by atoms with Crippen molar-refractivity contribution in [1.82, 2.24) is 10.2 Å². The molecule has 3 rings (SSSR count). The summed E-state index contributed by atoms with van der Waals surface area (Å²) in [6, 6.07) is 7.48. The molecule has 0 spiro atoms. The third kappa shape index (κ3) is 2.87. The van der Waals surface area contributed by atoms with Crippen LogP contribution in [0.1, 0.15) is 32.1 Å². The zero-order chi connectivity index (χ0) is 13.8. The molecule has 1 N–H and O–H groups in total. The van der Waals surface area contributed by atoms with Crippen molar-refractivity contribution in [2.24, 2.45) is 5.92 Å². The van der Waals surface area contributed by atoms with Gasteiger partial charge in [-0.25, -0.2) is 0 Å². The molecule has 0 bridgehead atoms. The molecule has 0 saturated heterocycles. The number of rotatable bonds is 3. The molecule has 1 aromatic carbocycles. The quantitative estimate of drug-likeness (QED) is 0.930. The van der Waals surface area contributed by atoms with E-state index in [9.17, 15) is 4.79 Å². The molecule has 0 aliphatic heterocycles. The third-order valence-corrected chi connectivity index (χ3v) is 3.71. The van der Waals surface area contributed by atoms with Gasteiger partial charge >= 0.3 is 0 Å². The summed E-state index contributed by atoms with van der Waals surface area (Å²) in [5.74, 6) is 0.724. The van der Waals surface area contributed by atoms with Crippen LogP contribution >= 0.6 is 0 Å². The van der Waals surface area contributed by atoms with Crippen LogP contribution < -0.4 is 5.32 Å². The predicted octanol–water partition coefficient (Wildman–Crippen LogP) is 3.26. The highest BCUT2D eigenvalue weighted by Gasteiger charge is 2.21. The maximum absolute atomic E-state index is 12.2. The molecule has 1 aliphatic rings. The van der Waals surface area contributed by atoms with Gasteiger partial charge in [-0.15, -0.1) is 10.2 Å². The first-order valence-corrected chi connectivity index (χ1v) is 7.00. The Bertz CT molecular complexity index is 575. The SMILES string of the molecule is O=C(Nc1cccc(-c2nnco2)c1)C1CCCCC1. The van der Waals surface area contributed by atoms with Crippen LogP contribution in [-0.2, 0) is 4.79 Å². The molecule has 1 fully saturated rings. The number of benzene rings is 1. The van der Waals surface area contributed by atoms with Crippen molar-refractivity contribution in [3.63, 3.8) is 0 Å². The molecule has 0 atom stereocenters. The van der Waals surface area contributed by atoms with E-state index >= 15 is 0 Å². The van der Waals surface area contributed by atoms with Crippen molar-refractivity contribution in [2.75, 3.05) is 5.32 Å². The summed E-state index contributed by atoms with van der Waals surface area (Å²) in [5.41, 5.74) is 1.58. The average Bonchev–Trinajstić information content (AvgIpc) is 3.03. The number of anilines is 1. The van der Waals surface area contributed by atoms with Crippen molar-refractivity contribution in [2.45, 2.75) is 32.1 Å². The van der Waals surface area contributed by atoms with E-state index in [0.717, 1.165) is 36.9 Å². The van der Waals surface area contributed by atoms with Gasteiger partial charge in [0.25, 0.3) is 0 Å². The van der Waals surface area contributed by atoms with Gasteiger partial charge in [0, 0.05) is 17.2 Å². The van der Waals surface area contributed by atoms with E-state index in [1.807, 2.05) is 24.3 Å². The van der Waals surface area contributed by atoms with E-state index in [4.69, 9.17) is 4.42 Å². The molecule has 5 nitrogen and oxygen atoms in total. The summed E-state index contributed by atoms with van der Waals surface area (Å²) in [6.07, 6.45) is 6.84. The van der Waals surface area contributed by atoms with Gasteiger partial charge in [0.1, 0.15) is 0 Å². The van der Waals surface area contributed by atoms with E-state index in [1.54, 1.807) is 0 Å². The average molecular weight is 271 g/mol. The van der Waals surface area contributed by atoms with E-state index in [1.165, 1.54) is 12.8 Å². The number of amides is 1. The first kappa shape index (κ1) is 12.8. The Balaban J connectivity index is 1.71. The molecule has 1 saturated carbocycles. The number of aromatic nitrogens is 2. The minimum absolute atomic E-state index is 0.118. The van der Waals surface area contributed by atoms with Gasteiger partial charge in [-0.1, -0.05) is 25.3 Å². The summed E-state index contributed by atoms with van der Waals surface area (Å²) in [6.45, 7) is 0. The molecule has 0 radical (unpaired) electrons. The Hall–Kier alpha value is -2.17. The number of nitrogens with one attached hydrogen (secondary N) is 1. The third-order valence-electron chi connectivity index (χ3n) is 3.71. The summed E-state index contributed by atoms with van der Waals surface area (Å²) in [4.78, 5) is 12.2. The minimum Gasteiger partial charge on any atom is -0.423 e. The van der Waals surface area contributed by atoms with Gasteiger partial charge in [-0.05, 0) is 31.0 Å². The van der Waals surface area contributed by atoms with Crippen LogP contribution in [0.25, 0.3) is 11.5 Å². The van der Waals surface area contributed by atoms with Crippen LogP contribution in [-0.4, -0.2) is 16.1 Å². The van der Waals surface area contributed by atoms with Crippen molar-refractivity contribution in [3.05, 3.63) is 30.7 Å². The highest BCUT2D eigenvalue weighted by atomic mass is 16.4. The molecule has 1 amide bonds. The molecular weight excluding hydrogens is 254 g/mol. The molecule has 1 aromatic heterocycles. The zero-order valence-electron chi connectivity index (χ0n) is 11.2. The Morgan fingerprint density at radius 3 is 2.85 bits per heavy atom. The van der Waals surface area contributed by atoms with Crippen LogP contribution in [0, 0.1) is 5.92 Å². The summed E-state index contributed by atoms with van der Waals surface area (Å²) in [7, 11) is 0. The van der Waals surface area contributed by atoms with Gasteiger partial charge in [0.15, 0.2) is 0 Å². The number of hydrogen-bond donors (Lipinski definition) is 1. The van der Waals surface area contributed by atoms with Gasteiger partial charge in [-0.3, -0.25) is 4.79 Å². The molecule has 1 aliphatic carbocycles. The summed E-state index contributed by atoms with van der Waals surface area (Å²) in [5, 5.41) is 10.5. The van der Waals surface area contributed by atoms with Gasteiger partial charge in [0.05, 0.1) is 0 Å². The maximum Gasteiger partial charge on any atom is 0.247 e. The lowest BCUT2D eigenvalue weighted by molar-refractivity contribution is -0.120. The highest BCUT2D eigenvalue weighted by molar-refractivity contribution is 5.93. The standard InChI is InChI=1S/C15H17N3O2/c19-14(11-5-2-1-3-6-11)17-13-8-4-7-12(9-13)15-18-16-10-20-15/h4,7-11H,1-3,5-6H2,(H,17,19). The van der Waals surface area contributed by atoms with Crippen molar-refractivity contribution >= 4 is 11.6 Å². The highest BCUT2D eigenvalue weighted by Crippen LogP contribution is 2.26. The first-order valence-electron chi connectivity index (χ1n) is 7.00. The van der Waals surface area contributed by atoms with Crippen LogP contribution in [0.15, 0.2) is 35.1 Å².